The first-order valence-electron chi connectivity index (χ1n) is 7.67. The molecule has 6 nitrogen and oxygen atoms in total. The number of rotatable bonds is 5. The summed E-state index contributed by atoms with van der Waals surface area (Å²) in [5, 5.41) is 2.57. The smallest absolute Gasteiger partial charge is 0.265 e. The lowest BCUT2D eigenvalue weighted by atomic mass is 10.1. The van der Waals surface area contributed by atoms with Gasteiger partial charge in [0.05, 0.1) is 17.7 Å². The Morgan fingerprint density at radius 1 is 1.40 bits per heavy atom. The number of hydrogen-bond acceptors (Lipinski definition) is 5. The van der Waals surface area contributed by atoms with E-state index in [0.717, 1.165) is 6.42 Å². The molecule has 8 heteroatoms. The van der Waals surface area contributed by atoms with Crippen LogP contribution in [0.4, 0.5) is 0 Å². The zero-order chi connectivity index (χ0) is 18.7. The lowest BCUT2D eigenvalue weighted by Gasteiger charge is -2.25. The van der Waals surface area contributed by atoms with Gasteiger partial charge in [-0.1, -0.05) is 6.92 Å². The molecule has 1 heterocycles. The van der Waals surface area contributed by atoms with Crippen molar-refractivity contribution in [2.24, 2.45) is 0 Å². The van der Waals surface area contributed by atoms with E-state index in [4.69, 9.17) is 21.7 Å². The summed E-state index contributed by atoms with van der Waals surface area (Å²) in [5.41, 5.74) is 0.626. The van der Waals surface area contributed by atoms with Gasteiger partial charge >= 0.3 is 0 Å². The van der Waals surface area contributed by atoms with E-state index in [1.807, 2.05) is 13.8 Å². The number of carbonyl (C=O) groups excluding carboxylic acids is 2. The number of thiocarbonyl (C=S) groups is 1. The average Bonchev–Trinajstić information content (AvgIpc) is 2.58. The third kappa shape index (κ3) is 4.19. The molecule has 0 saturated carbocycles. The minimum Gasteiger partial charge on any atom is -0.493 e. The maximum atomic E-state index is 12.3. The quantitative estimate of drug-likeness (QED) is 0.445. The van der Waals surface area contributed by atoms with Gasteiger partial charge < -0.3 is 9.47 Å². The van der Waals surface area contributed by atoms with Crippen LogP contribution >= 0.6 is 28.1 Å². The van der Waals surface area contributed by atoms with Crippen LogP contribution in [0, 0.1) is 0 Å². The first-order chi connectivity index (χ1) is 11.8. The molecular weight excluding hydrogens is 408 g/mol. The predicted octanol–water partition coefficient (Wildman–Crippen LogP) is 2.89. The molecule has 0 bridgehead atoms. The number of likely N-dealkylation sites (N-methyl/N-ethyl adjacent to an activating group) is 1. The molecule has 134 valence electrons. The Balaban J connectivity index is 2.43. The number of nitrogens with zero attached hydrogens (tertiary/aromatic N) is 1. The molecule has 2 amide bonds. The van der Waals surface area contributed by atoms with E-state index in [-0.39, 0.29) is 16.8 Å². The van der Waals surface area contributed by atoms with E-state index in [1.165, 1.54) is 25.1 Å². The fourth-order valence-corrected chi connectivity index (χ4v) is 2.86. The lowest BCUT2D eigenvalue weighted by Crippen LogP contribution is -2.52. The molecule has 25 heavy (non-hydrogen) atoms. The van der Waals surface area contributed by atoms with Gasteiger partial charge in [-0.05, 0) is 65.3 Å². The van der Waals surface area contributed by atoms with Gasteiger partial charge in [0, 0.05) is 7.05 Å². The highest BCUT2D eigenvalue weighted by Gasteiger charge is 2.30. The SMILES string of the molecule is CC[C@@H](C)Oc1c(Br)cc(/C=C2/C(=O)NC(=S)N(C)C2=O)cc1OC. The van der Waals surface area contributed by atoms with Crippen LogP contribution in [-0.2, 0) is 9.59 Å². The minimum atomic E-state index is -0.525. The standard InChI is InChI=1S/C17H19BrN2O4S/c1-5-9(2)24-14-12(18)7-10(8-13(14)23-4)6-11-15(21)19-17(25)20(3)16(11)22/h6-9H,5H2,1-4H3,(H,19,21,25)/b11-6-/t9-/m1/s1. The molecule has 1 aromatic rings. The van der Waals surface area contributed by atoms with Gasteiger partial charge in [-0.25, -0.2) is 0 Å². The number of carbonyl (C=O) groups is 2. The van der Waals surface area contributed by atoms with Crippen LogP contribution < -0.4 is 14.8 Å². The highest BCUT2D eigenvalue weighted by molar-refractivity contribution is 9.10. The second-order valence-electron chi connectivity index (χ2n) is 5.55. The predicted molar refractivity (Wildman–Crippen MR) is 103 cm³/mol. The third-order valence-corrected chi connectivity index (χ3v) is 4.73. The maximum Gasteiger partial charge on any atom is 0.265 e. The first-order valence-corrected chi connectivity index (χ1v) is 8.87. The van der Waals surface area contributed by atoms with Crippen molar-refractivity contribution in [2.45, 2.75) is 26.4 Å². The van der Waals surface area contributed by atoms with Crippen molar-refractivity contribution >= 4 is 51.2 Å². The number of halogens is 1. The number of benzene rings is 1. The van der Waals surface area contributed by atoms with Gasteiger partial charge in [0.2, 0.25) is 0 Å². The van der Waals surface area contributed by atoms with E-state index < -0.39 is 11.8 Å². The number of nitrogens with one attached hydrogen (secondary N) is 1. The maximum absolute atomic E-state index is 12.3. The van der Waals surface area contributed by atoms with Crippen molar-refractivity contribution < 1.29 is 19.1 Å². The van der Waals surface area contributed by atoms with Crippen molar-refractivity contribution in [3.05, 3.63) is 27.7 Å². The molecule has 0 unspecified atom stereocenters. The summed E-state index contributed by atoms with van der Waals surface area (Å²) in [6.07, 6.45) is 2.37. The third-order valence-electron chi connectivity index (χ3n) is 3.76. The monoisotopic (exact) mass is 426 g/mol. The van der Waals surface area contributed by atoms with Crippen LogP contribution in [0.25, 0.3) is 6.08 Å². The van der Waals surface area contributed by atoms with E-state index in [0.29, 0.717) is 21.5 Å². The molecule has 0 spiro atoms. The second kappa shape index (κ2) is 7.97. The molecule has 2 rings (SSSR count). The summed E-state index contributed by atoms with van der Waals surface area (Å²) in [4.78, 5) is 25.6. The Hall–Kier alpha value is -1.93. The highest BCUT2D eigenvalue weighted by Crippen LogP contribution is 2.38. The van der Waals surface area contributed by atoms with Crippen LogP contribution in [0.15, 0.2) is 22.2 Å². The summed E-state index contributed by atoms with van der Waals surface area (Å²) in [5.74, 6) is 0.109. The van der Waals surface area contributed by atoms with Gasteiger partial charge in [-0.3, -0.25) is 19.8 Å². The van der Waals surface area contributed by atoms with E-state index in [1.54, 1.807) is 12.1 Å². The molecule has 1 aliphatic rings. The Kier molecular flexibility index (Phi) is 6.18. The zero-order valence-corrected chi connectivity index (χ0v) is 16.8. The van der Waals surface area contributed by atoms with E-state index in [2.05, 4.69) is 21.2 Å². The largest absolute Gasteiger partial charge is 0.493 e. The second-order valence-corrected chi connectivity index (χ2v) is 6.79. The fraction of sp³-hybridized carbons (Fsp3) is 0.353. The molecule has 1 aromatic carbocycles. The van der Waals surface area contributed by atoms with Gasteiger partial charge in [0.25, 0.3) is 11.8 Å². The number of ether oxygens (including phenoxy) is 2. The molecule has 0 aromatic heterocycles. The van der Waals surface area contributed by atoms with E-state index in [9.17, 15) is 9.59 Å². The van der Waals surface area contributed by atoms with Crippen molar-refractivity contribution in [1.29, 1.82) is 0 Å². The Morgan fingerprint density at radius 3 is 2.68 bits per heavy atom. The summed E-state index contributed by atoms with van der Waals surface area (Å²) >= 11 is 8.39. The van der Waals surface area contributed by atoms with Crippen LogP contribution in [0.2, 0.25) is 0 Å². The topological polar surface area (TPSA) is 67.9 Å². The lowest BCUT2D eigenvalue weighted by molar-refractivity contribution is -0.128. The Labute approximate surface area is 160 Å². The zero-order valence-electron chi connectivity index (χ0n) is 14.4. The Bertz CT molecular complexity index is 763. The molecule has 0 aliphatic carbocycles. The van der Waals surface area contributed by atoms with Gasteiger partial charge in [-0.2, -0.15) is 0 Å². The van der Waals surface area contributed by atoms with Crippen molar-refractivity contribution in [3.8, 4) is 11.5 Å². The Morgan fingerprint density at radius 2 is 2.08 bits per heavy atom. The van der Waals surface area contributed by atoms with Crippen molar-refractivity contribution in [3.63, 3.8) is 0 Å². The molecule has 1 atom stereocenters. The van der Waals surface area contributed by atoms with Gasteiger partial charge in [-0.15, -0.1) is 0 Å². The average molecular weight is 427 g/mol. The summed E-state index contributed by atoms with van der Waals surface area (Å²) in [6.45, 7) is 3.99. The fourth-order valence-electron chi connectivity index (χ4n) is 2.13. The number of methoxy groups -OCH3 is 1. The normalized spacial score (nSPS) is 17.6. The van der Waals surface area contributed by atoms with Crippen molar-refractivity contribution in [1.82, 2.24) is 10.2 Å². The molecule has 0 radical (unpaired) electrons. The van der Waals surface area contributed by atoms with Gasteiger partial charge in [0.1, 0.15) is 5.57 Å². The molecular formula is C17H19BrN2O4S. The summed E-state index contributed by atoms with van der Waals surface area (Å²) in [6, 6.07) is 3.48. The summed E-state index contributed by atoms with van der Waals surface area (Å²) < 4.78 is 11.9. The number of amides is 2. The molecule has 1 saturated heterocycles. The van der Waals surface area contributed by atoms with Crippen LogP contribution in [-0.4, -0.2) is 42.1 Å². The van der Waals surface area contributed by atoms with E-state index >= 15 is 0 Å². The minimum absolute atomic E-state index is 0.000600. The highest BCUT2D eigenvalue weighted by atomic mass is 79.9. The van der Waals surface area contributed by atoms with Crippen LogP contribution in [0.3, 0.4) is 0 Å². The molecule has 1 fully saturated rings. The van der Waals surface area contributed by atoms with Crippen molar-refractivity contribution in [2.75, 3.05) is 14.2 Å². The number of hydrogen-bond donors (Lipinski definition) is 1. The molecule has 1 aliphatic heterocycles. The van der Waals surface area contributed by atoms with Crippen LogP contribution in [0.1, 0.15) is 25.8 Å². The summed E-state index contributed by atoms with van der Waals surface area (Å²) in [7, 11) is 3.05. The first kappa shape index (κ1) is 19.4. The van der Waals surface area contributed by atoms with Gasteiger partial charge in [0.15, 0.2) is 16.6 Å². The van der Waals surface area contributed by atoms with Crippen LogP contribution in [0.5, 0.6) is 11.5 Å². The molecule has 1 N–H and O–H groups in total.